The number of hydrogen-bond donors (Lipinski definition) is 0. The van der Waals surface area contributed by atoms with Gasteiger partial charge < -0.3 is 4.74 Å². The van der Waals surface area contributed by atoms with Crippen molar-refractivity contribution in [1.29, 1.82) is 0 Å². The zero-order valence-electron chi connectivity index (χ0n) is 17.1. The second kappa shape index (κ2) is 9.11. The lowest BCUT2D eigenvalue weighted by Gasteiger charge is -2.26. The minimum atomic E-state index is -4.92. The molecule has 1 aromatic heterocycles. The van der Waals surface area contributed by atoms with Gasteiger partial charge in [0.2, 0.25) is 0 Å². The molecule has 0 bridgehead atoms. The Morgan fingerprint density at radius 1 is 1.18 bits per heavy atom. The molecule has 4 rings (SSSR count). The lowest BCUT2D eigenvalue weighted by molar-refractivity contribution is -0.140. The van der Waals surface area contributed by atoms with Crippen LogP contribution in [0.25, 0.3) is 6.08 Å². The van der Waals surface area contributed by atoms with Gasteiger partial charge in [-0.2, -0.15) is 13.2 Å². The van der Waals surface area contributed by atoms with E-state index in [2.05, 4.69) is 20.9 Å². The number of fused-ring (bicyclic) bond motifs is 1. The largest absolute Gasteiger partial charge is 0.463 e. The van der Waals surface area contributed by atoms with Crippen molar-refractivity contribution >= 4 is 39.3 Å². The van der Waals surface area contributed by atoms with Crippen molar-refractivity contribution in [2.24, 2.45) is 4.99 Å². The van der Waals surface area contributed by atoms with Gasteiger partial charge >= 0.3 is 12.1 Å². The molecule has 33 heavy (non-hydrogen) atoms. The minimum absolute atomic E-state index is 0.122. The molecule has 0 spiro atoms. The first kappa shape index (κ1) is 23.2. The van der Waals surface area contributed by atoms with Crippen molar-refractivity contribution in [3.63, 3.8) is 0 Å². The van der Waals surface area contributed by atoms with Crippen LogP contribution in [0.2, 0.25) is 0 Å². The van der Waals surface area contributed by atoms with Gasteiger partial charge in [-0.3, -0.25) is 9.36 Å². The van der Waals surface area contributed by atoms with Crippen LogP contribution in [0.5, 0.6) is 0 Å². The Balaban J connectivity index is 2.04. The third-order valence-electron chi connectivity index (χ3n) is 4.88. The minimum Gasteiger partial charge on any atom is -0.463 e. The molecule has 3 aromatic rings. The number of benzene rings is 2. The summed E-state index contributed by atoms with van der Waals surface area (Å²) in [5.41, 5.74) is -1.57. The van der Waals surface area contributed by atoms with Crippen LogP contribution in [0.15, 0.2) is 80.1 Å². The summed E-state index contributed by atoms with van der Waals surface area (Å²) < 4.78 is 49.2. The highest BCUT2D eigenvalue weighted by molar-refractivity contribution is 9.10. The van der Waals surface area contributed by atoms with Crippen LogP contribution in [-0.4, -0.2) is 23.3 Å². The van der Waals surface area contributed by atoms with Gasteiger partial charge in [0.05, 0.1) is 22.8 Å². The van der Waals surface area contributed by atoms with Gasteiger partial charge in [0.15, 0.2) is 10.5 Å². The van der Waals surface area contributed by atoms with Gasteiger partial charge in [0, 0.05) is 4.47 Å². The molecule has 170 valence electrons. The van der Waals surface area contributed by atoms with E-state index in [1.807, 2.05) is 0 Å². The van der Waals surface area contributed by atoms with Crippen molar-refractivity contribution in [3.05, 3.63) is 101 Å². The maximum absolute atomic E-state index is 14.0. The number of hydrogen-bond acceptors (Lipinski definition) is 5. The average Bonchev–Trinajstić information content (AvgIpc) is 3.09. The number of thiazole rings is 1. The monoisotopic (exact) mass is 536 g/mol. The highest BCUT2D eigenvalue weighted by atomic mass is 79.9. The number of carbonyl (C=O) groups excluding carboxylic acids is 1. The van der Waals surface area contributed by atoms with Gasteiger partial charge in [-0.25, -0.2) is 9.79 Å². The maximum Gasteiger partial charge on any atom is 0.434 e. The van der Waals surface area contributed by atoms with E-state index in [9.17, 15) is 22.8 Å². The Morgan fingerprint density at radius 2 is 1.85 bits per heavy atom. The molecule has 0 saturated heterocycles. The Kier molecular flexibility index (Phi) is 6.40. The van der Waals surface area contributed by atoms with Crippen LogP contribution < -0.4 is 14.9 Å². The number of ether oxygens (including phenoxy) is 1. The molecule has 0 fully saturated rings. The number of allylic oxidation sites excluding steroid dienone is 1. The zero-order valence-corrected chi connectivity index (χ0v) is 19.5. The van der Waals surface area contributed by atoms with E-state index in [4.69, 9.17) is 4.74 Å². The van der Waals surface area contributed by atoms with Gasteiger partial charge in [-0.15, -0.1) is 0 Å². The summed E-state index contributed by atoms with van der Waals surface area (Å²) in [6, 6.07) is 13.9. The van der Waals surface area contributed by atoms with Crippen LogP contribution >= 0.6 is 27.3 Å². The van der Waals surface area contributed by atoms with Crippen LogP contribution in [0, 0.1) is 0 Å². The average molecular weight is 537 g/mol. The van der Waals surface area contributed by atoms with E-state index in [-0.39, 0.29) is 15.9 Å². The van der Waals surface area contributed by atoms with E-state index in [0.29, 0.717) is 11.1 Å². The van der Waals surface area contributed by atoms with Crippen molar-refractivity contribution in [1.82, 2.24) is 4.57 Å². The van der Waals surface area contributed by atoms with E-state index in [1.165, 1.54) is 6.92 Å². The van der Waals surface area contributed by atoms with Gasteiger partial charge in [0.25, 0.3) is 5.56 Å². The predicted molar refractivity (Wildman–Crippen MR) is 121 cm³/mol. The number of rotatable bonds is 4. The Bertz CT molecular complexity index is 1410. The third-order valence-corrected chi connectivity index (χ3v) is 6.39. The lowest BCUT2D eigenvalue weighted by Crippen LogP contribution is -2.41. The quantitative estimate of drug-likeness (QED) is 0.471. The molecule has 0 radical (unpaired) electrons. The van der Waals surface area contributed by atoms with Gasteiger partial charge in [-0.1, -0.05) is 69.7 Å². The number of aromatic nitrogens is 1. The summed E-state index contributed by atoms with van der Waals surface area (Å²) in [4.78, 5) is 29.7. The fourth-order valence-corrected chi connectivity index (χ4v) is 4.77. The summed E-state index contributed by atoms with van der Waals surface area (Å²) in [5, 5.41) is 0. The zero-order chi connectivity index (χ0) is 23.8. The van der Waals surface area contributed by atoms with E-state index >= 15 is 0 Å². The summed E-state index contributed by atoms with van der Waals surface area (Å²) in [6.07, 6.45) is -3.34. The van der Waals surface area contributed by atoms with Crippen LogP contribution in [-0.2, 0) is 9.53 Å². The molecule has 1 atom stereocenters. The third kappa shape index (κ3) is 4.58. The molecule has 2 heterocycles. The SMILES string of the molecule is CCOC(=O)C1=C(C(F)(F)F)N=c2s/c(=C/c3ccc(Br)cc3)c(=O)n2C1c1ccccc1. The molecule has 0 amide bonds. The maximum atomic E-state index is 14.0. The standard InChI is InChI=1S/C23H16BrF3N2O3S/c1-2-32-21(31)17-18(14-6-4-3-5-7-14)29-20(30)16(12-13-8-10-15(24)11-9-13)33-22(29)28-19(17)23(25,26)27/h3-12,18H,2H2,1H3/b16-12+. The Hall–Kier alpha value is -2.98. The fraction of sp³-hybridized carbons (Fsp3) is 0.174. The van der Waals surface area contributed by atoms with Crippen molar-refractivity contribution in [2.75, 3.05) is 6.61 Å². The molecule has 1 aliphatic heterocycles. The van der Waals surface area contributed by atoms with Crippen LogP contribution in [0.1, 0.15) is 24.1 Å². The summed E-state index contributed by atoms with van der Waals surface area (Å²) >= 11 is 4.17. The Labute approximate surface area is 198 Å². The number of esters is 1. The molecule has 2 aromatic carbocycles. The van der Waals surface area contributed by atoms with Crippen LogP contribution in [0.4, 0.5) is 13.2 Å². The van der Waals surface area contributed by atoms with Crippen molar-refractivity contribution < 1.29 is 22.7 Å². The summed E-state index contributed by atoms with van der Waals surface area (Å²) in [6.45, 7) is 1.37. The first-order chi connectivity index (χ1) is 15.7. The molecule has 5 nitrogen and oxygen atoms in total. The lowest BCUT2D eigenvalue weighted by atomic mass is 9.95. The molecular formula is C23H16BrF3N2O3S. The smallest absolute Gasteiger partial charge is 0.434 e. The van der Waals surface area contributed by atoms with Crippen LogP contribution in [0.3, 0.4) is 0 Å². The predicted octanol–water partition coefficient (Wildman–Crippen LogP) is 4.10. The summed E-state index contributed by atoms with van der Waals surface area (Å²) in [5.74, 6) is -1.16. The first-order valence-electron chi connectivity index (χ1n) is 9.81. The van der Waals surface area contributed by atoms with E-state index in [0.717, 1.165) is 20.4 Å². The topological polar surface area (TPSA) is 60.7 Å². The molecule has 0 N–H and O–H groups in total. The molecule has 1 aliphatic rings. The van der Waals surface area contributed by atoms with E-state index in [1.54, 1.807) is 60.7 Å². The van der Waals surface area contributed by atoms with Gasteiger partial charge in [-0.05, 0) is 36.3 Å². The number of halogens is 4. The normalized spacial score (nSPS) is 16.4. The molecule has 0 aliphatic carbocycles. The first-order valence-corrected chi connectivity index (χ1v) is 11.4. The Morgan fingerprint density at radius 3 is 2.45 bits per heavy atom. The number of nitrogens with zero attached hydrogens (tertiary/aromatic N) is 2. The fourth-order valence-electron chi connectivity index (χ4n) is 3.50. The second-order valence-corrected chi connectivity index (χ2v) is 8.95. The molecule has 0 saturated carbocycles. The van der Waals surface area contributed by atoms with Crippen molar-refractivity contribution in [3.8, 4) is 0 Å². The number of carbonyl (C=O) groups is 1. The van der Waals surface area contributed by atoms with E-state index < -0.39 is 35.0 Å². The highest BCUT2D eigenvalue weighted by Gasteiger charge is 2.45. The van der Waals surface area contributed by atoms with Crippen molar-refractivity contribution in [2.45, 2.75) is 19.1 Å². The molecule has 10 heteroatoms. The number of alkyl halides is 3. The second-order valence-electron chi connectivity index (χ2n) is 7.03. The molecule has 1 unspecified atom stereocenters. The summed E-state index contributed by atoms with van der Waals surface area (Å²) in [7, 11) is 0. The highest BCUT2D eigenvalue weighted by Crippen LogP contribution is 2.38. The molecular weight excluding hydrogens is 521 g/mol. The van der Waals surface area contributed by atoms with Gasteiger partial charge in [0.1, 0.15) is 0 Å².